The van der Waals surface area contributed by atoms with Gasteiger partial charge in [-0.25, -0.2) is 0 Å². The van der Waals surface area contributed by atoms with Crippen molar-refractivity contribution in [1.82, 2.24) is 4.90 Å². The molecule has 2 N–H and O–H groups in total. The molecule has 1 saturated heterocycles. The predicted molar refractivity (Wildman–Crippen MR) is 128 cm³/mol. The minimum absolute atomic E-state index is 0.363. The molecular weight excluding hydrogens is 404 g/mol. The Balaban J connectivity index is 1.75. The van der Waals surface area contributed by atoms with E-state index < -0.39 is 0 Å². The maximum atomic E-state index is 9.60. The second-order valence-electron chi connectivity index (χ2n) is 8.52. The molecule has 2 aromatic carbocycles. The third-order valence-corrected chi connectivity index (χ3v) is 5.66. The third-order valence-electron chi connectivity index (χ3n) is 5.66. The fourth-order valence-electron chi connectivity index (χ4n) is 4.16. The number of ether oxygens (including phenoxy) is 3. The lowest BCUT2D eigenvalue weighted by Crippen LogP contribution is -2.40. The van der Waals surface area contributed by atoms with E-state index in [2.05, 4.69) is 35.5 Å². The van der Waals surface area contributed by atoms with Crippen LogP contribution in [-0.2, 0) is 0 Å². The van der Waals surface area contributed by atoms with Crippen LogP contribution in [-0.4, -0.2) is 51.9 Å². The largest absolute Gasteiger partial charge is 0.493 e. The van der Waals surface area contributed by atoms with Crippen LogP contribution in [0.25, 0.3) is 0 Å². The first-order valence-corrected chi connectivity index (χ1v) is 11.1. The molecule has 0 radical (unpaired) electrons. The highest BCUT2D eigenvalue weighted by Gasteiger charge is 2.20. The van der Waals surface area contributed by atoms with E-state index in [-0.39, 0.29) is 0 Å². The fourth-order valence-corrected chi connectivity index (χ4v) is 4.16. The Morgan fingerprint density at radius 2 is 1.66 bits per heavy atom. The highest BCUT2D eigenvalue weighted by atomic mass is 16.5. The summed E-state index contributed by atoms with van der Waals surface area (Å²) in [6.07, 6.45) is 2.14. The molecule has 0 spiro atoms. The smallest absolute Gasteiger partial charge is 0.203 e. The summed E-state index contributed by atoms with van der Waals surface area (Å²) in [5.74, 6) is 2.39. The summed E-state index contributed by atoms with van der Waals surface area (Å²) in [7, 11) is 4.77. The minimum atomic E-state index is 0.363. The molecule has 172 valence electrons. The van der Waals surface area contributed by atoms with Gasteiger partial charge in [-0.15, -0.1) is 0 Å². The number of rotatable bonds is 9. The average molecular weight is 439 g/mol. The molecule has 1 aliphatic rings. The van der Waals surface area contributed by atoms with Crippen molar-refractivity contribution in [1.29, 1.82) is 5.26 Å². The summed E-state index contributed by atoms with van der Waals surface area (Å²) < 4.78 is 16.3. The van der Waals surface area contributed by atoms with Crippen LogP contribution in [0, 0.1) is 17.2 Å². The van der Waals surface area contributed by atoms with Crippen molar-refractivity contribution < 1.29 is 14.2 Å². The number of hydrogen-bond acceptors (Lipinski definition) is 7. The second-order valence-corrected chi connectivity index (χ2v) is 8.52. The van der Waals surface area contributed by atoms with Crippen molar-refractivity contribution in [3.05, 3.63) is 35.9 Å². The van der Waals surface area contributed by atoms with Crippen LogP contribution in [0.5, 0.6) is 17.2 Å². The van der Waals surface area contributed by atoms with Crippen LogP contribution < -0.4 is 24.8 Å². The van der Waals surface area contributed by atoms with Crippen LogP contribution in [0.2, 0.25) is 0 Å². The van der Waals surface area contributed by atoms with Gasteiger partial charge in [0.25, 0.3) is 0 Å². The van der Waals surface area contributed by atoms with Crippen molar-refractivity contribution in [2.75, 3.05) is 51.6 Å². The van der Waals surface area contributed by atoms with Gasteiger partial charge in [-0.05, 0) is 37.0 Å². The molecule has 3 rings (SSSR count). The van der Waals surface area contributed by atoms with Crippen molar-refractivity contribution in [2.24, 2.45) is 5.92 Å². The van der Waals surface area contributed by atoms with Gasteiger partial charge in [0.05, 0.1) is 32.6 Å². The molecule has 1 aliphatic heterocycles. The second kappa shape index (κ2) is 11.0. The summed E-state index contributed by atoms with van der Waals surface area (Å²) in [5.41, 5.74) is 3.17. The van der Waals surface area contributed by atoms with E-state index in [1.807, 2.05) is 30.3 Å². The molecule has 2 aromatic rings. The van der Waals surface area contributed by atoms with Gasteiger partial charge in [0.1, 0.15) is 6.07 Å². The summed E-state index contributed by atoms with van der Waals surface area (Å²) in [5, 5.41) is 16.6. The zero-order valence-electron chi connectivity index (χ0n) is 19.7. The molecule has 7 nitrogen and oxygen atoms in total. The standard InChI is InChI=1S/C25H34N4O3/c1-17(2)16-29-10-8-19(9-11-29)28-22-12-20(7-6-18(22)15-26)27-21-13-23(30-3)25(32-5)24(14-21)31-4/h6-7,12-14,17,19,27-28H,8-11,16H2,1-5H3. The van der Waals surface area contributed by atoms with E-state index in [0.717, 1.165) is 49.5 Å². The van der Waals surface area contributed by atoms with E-state index >= 15 is 0 Å². The summed E-state index contributed by atoms with van der Waals surface area (Å²) in [6, 6.07) is 12.1. The molecule has 0 aliphatic carbocycles. The molecular formula is C25H34N4O3. The SMILES string of the molecule is COc1cc(Nc2ccc(C#N)c(NC3CCN(CC(C)C)CC3)c2)cc(OC)c1OC. The number of nitrogens with one attached hydrogen (secondary N) is 2. The van der Waals surface area contributed by atoms with E-state index in [1.165, 1.54) is 0 Å². The molecule has 1 heterocycles. The highest BCUT2D eigenvalue weighted by Crippen LogP contribution is 2.40. The van der Waals surface area contributed by atoms with E-state index in [9.17, 15) is 5.26 Å². The average Bonchev–Trinajstić information content (AvgIpc) is 2.79. The van der Waals surface area contributed by atoms with Gasteiger partial charge in [-0.2, -0.15) is 5.26 Å². The van der Waals surface area contributed by atoms with Crippen molar-refractivity contribution in [3.63, 3.8) is 0 Å². The van der Waals surface area contributed by atoms with Gasteiger partial charge in [0.15, 0.2) is 11.5 Å². The van der Waals surface area contributed by atoms with Gasteiger partial charge >= 0.3 is 0 Å². The third kappa shape index (κ3) is 5.77. The maximum absolute atomic E-state index is 9.60. The number of anilines is 3. The lowest BCUT2D eigenvalue weighted by atomic mass is 10.0. The lowest BCUT2D eigenvalue weighted by Gasteiger charge is -2.34. The van der Waals surface area contributed by atoms with Crippen molar-refractivity contribution in [2.45, 2.75) is 32.7 Å². The molecule has 0 atom stereocenters. The maximum Gasteiger partial charge on any atom is 0.203 e. The van der Waals surface area contributed by atoms with Gasteiger partial charge < -0.3 is 29.7 Å². The van der Waals surface area contributed by atoms with Crippen LogP contribution in [0.15, 0.2) is 30.3 Å². The number of benzene rings is 2. The summed E-state index contributed by atoms with van der Waals surface area (Å²) >= 11 is 0. The quantitative estimate of drug-likeness (QED) is 0.579. The number of nitrogens with zero attached hydrogens (tertiary/aromatic N) is 2. The highest BCUT2D eigenvalue weighted by molar-refractivity contribution is 5.72. The molecule has 1 fully saturated rings. The summed E-state index contributed by atoms with van der Waals surface area (Å²) in [4.78, 5) is 2.52. The van der Waals surface area contributed by atoms with Crippen LogP contribution in [0.1, 0.15) is 32.3 Å². The zero-order valence-corrected chi connectivity index (χ0v) is 19.7. The number of hydrogen-bond donors (Lipinski definition) is 2. The Bertz CT molecular complexity index is 922. The molecule has 0 unspecified atom stereocenters. The number of likely N-dealkylation sites (tertiary alicyclic amines) is 1. The lowest BCUT2D eigenvalue weighted by molar-refractivity contribution is 0.198. The van der Waals surface area contributed by atoms with Crippen LogP contribution >= 0.6 is 0 Å². The molecule has 0 bridgehead atoms. The number of methoxy groups -OCH3 is 3. The number of nitriles is 1. The first-order valence-electron chi connectivity index (χ1n) is 11.1. The molecule has 0 aromatic heterocycles. The Morgan fingerprint density at radius 3 is 2.19 bits per heavy atom. The fraction of sp³-hybridized carbons (Fsp3) is 0.480. The first kappa shape index (κ1) is 23.6. The molecule has 0 amide bonds. The summed E-state index contributed by atoms with van der Waals surface area (Å²) in [6.45, 7) is 7.83. The Kier molecular flexibility index (Phi) is 8.07. The minimum Gasteiger partial charge on any atom is -0.493 e. The first-order chi connectivity index (χ1) is 15.5. The molecule has 0 saturated carbocycles. The van der Waals surface area contributed by atoms with Crippen LogP contribution in [0.3, 0.4) is 0 Å². The van der Waals surface area contributed by atoms with Crippen LogP contribution in [0.4, 0.5) is 17.1 Å². The van der Waals surface area contributed by atoms with E-state index in [0.29, 0.717) is 34.8 Å². The van der Waals surface area contributed by atoms with E-state index in [1.54, 1.807) is 21.3 Å². The topological polar surface area (TPSA) is 78.8 Å². The zero-order chi connectivity index (χ0) is 23.1. The normalized spacial score (nSPS) is 14.7. The number of piperidine rings is 1. The Morgan fingerprint density at radius 1 is 1.00 bits per heavy atom. The Hall–Kier alpha value is -3.11. The van der Waals surface area contributed by atoms with E-state index in [4.69, 9.17) is 14.2 Å². The van der Waals surface area contributed by atoms with Gasteiger partial charge in [0.2, 0.25) is 5.75 Å². The van der Waals surface area contributed by atoms with Crippen molar-refractivity contribution >= 4 is 17.1 Å². The van der Waals surface area contributed by atoms with Gasteiger partial charge in [-0.1, -0.05) is 13.8 Å². The molecule has 7 heteroatoms. The molecule has 32 heavy (non-hydrogen) atoms. The predicted octanol–water partition coefficient (Wildman–Crippen LogP) is 4.86. The van der Waals surface area contributed by atoms with Crippen molar-refractivity contribution in [3.8, 4) is 23.3 Å². The Labute approximate surface area is 191 Å². The monoisotopic (exact) mass is 438 g/mol. The van der Waals surface area contributed by atoms with Gasteiger partial charge in [-0.3, -0.25) is 0 Å². The van der Waals surface area contributed by atoms with Gasteiger partial charge in [0, 0.05) is 49.2 Å².